The van der Waals surface area contributed by atoms with Gasteiger partial charge in [-0.3, -0.25) is 4.79 Å². The van der Waals surface area contributed by atoms with Crippen molar-refractivity contribution in [3.05, 3.63) is 36.0 Å². The van der Waals surface area contributed by atoms with Gasteiger partial charge < -0.3 is 10.3 Å². The van der Waals surface area contributed by atoms with Gasteiger partial charge in [0.1, 0.15) is 0 Å². The molecule has 0 aliphatic heterocycles. The average molecular weight is 296 g/mol. The third-order valence-corrected chi connectivity index (χ3v) is 5.48. The monoisotopic (exact) mass is 296 g/mol. The molecular weight excluding hydrogens is 272 g/mol. The molecule has 1 heterocycles. The van der Waals surface area contributed by atoms with Crippen molar-refractivity contribution < 1.29 is 4.79 Å². The molecule has 22 heavy (non-hydrogen) atoms. The van der Waals surface area contributed by atoms with E-state index in [1.165, 1.54) is 36.6 Å². The number of aromatic nitrogens is 1. The molecule has 0 saturated heterocycles. The molecule has 116 valence electrons. The number of nitrogens with one attached hydrogen (secondary N) is 2. The molecule has 0 atom stereocenters. The zero-order valence-corrected chi connectivity index (χ0v) is 13.0. The maximum atomic E-state index is 12.9. The van der Waals surface area contributed by atoms with Gasteiger partial charge in [-0.2, -0.15) is 0 Å². The first-order valence-electron chi connectivity index (χ1n) is 8.67. The van der Waals surface area contributed by atoms with Crippen molar-refractivity contribution in [1.29, 1.82) is 0 Å². The number of benzene rings is 1. The highest BCUT2D eigenvalue weighted by atomic mass is 16.2. The smallest absolute Gasteiger partial charge is 0.230 e. The third kappa shape index (κ3) is 2.33. The van der Waals surface area contributed by atoms with Crippen LogP contribution in [-0.2, 0) is 10.2 Å². The van der Waals surface area contributed by atoms with Crippen molar-refractivity contribution in [1.82, 2.24) is 10.3 Å². The molecule has 2 N–H and O–H groups in total. The number of H-pyrrole nitrogens is 1. The predicted molar refractivity (Wildman–Crippen MR) is 88.8 cm³/mol. The summed E-state index contributed by atoms with van der Waals surface area (Å²) in [6.07, 6.45) is 11.5. The minimum absolute atomic E-state index is 0.254. The molecule has 1 aromatic carbocycles. The number of carbonyl (C=O) groups excluding carboxylic acids is 1. The first kappa shape index (κ1) is 13.9. The second-order valence-corrected chi connectivity index (χ2v) is 6.99. The summed E-state index contributed by atoms with van der Waals surface area (Å²) in [6.45, 7) is 0. The number of hydrogen-bond donors (Lipinski definition) is 2. The first-order chi connectivity index (χ1) is 10.8. The molecular formula is C19H24N2O. The van der Waals surface area contributed by atoms with Crippen LogP contribution in [0.3, 0.4) is 0 Å². The zero-order valence-electron chi connectivity index (χ0n) is 13.0. The summed E-state index contributed by atoms with van der Waals surface area (Å²) >= 11 is 0. The SMILES string of the molecule is O=C(NC1CCCCCC1)C1(c2c[nH]c3ccccc23)CC1. The Bertz CT molecular complexity index is 676. The van der Waals surface area contributed by atoms with Gasteiger partial charge in [-0.25, -0.2) is 0 Å². The van der Waals surface area contributed by atoms with E-state index in [4.69, 9.17) is 0 Å². The van der Waals surface area contributed by atoms with Crippen molar-refractivity contribution >= 4 is 16.8 Å². The van der Waals surface area contributed by atoms with E-state index in [1.807, 2.05) is 12.3 Å². The Morgan fingerprint density at radius 1 is 1.09 bits per heavy atom. The van der Waals surface area contributed by atoms with Crippen LogP contribution in [-0.4, -0.2) is 16.9 Å². The molecule has 2 fully saturated rings. The van der Waals surface area contributed by atoms with E-state index in [2.05, 4.69) is 28.5 Å². The van der Waals surface area contributed by atoms with Crippen LogP contribution < -0.4 is 5.32 Å². The zero-order chi connectivity index (χ0) is 15.0. The summed E-state index contributed by atoms with van der Waals surface area (Å²) in [7, 11) is 0. The minimum Gasteiger partial charge on any atom is -0.361 e. The van der Waals surface area contributed by atoms with E-state index in [0.29, 0.717) is 6.04 Å². The van der Waals surface area contributed by atoms with Crippen molar-refractivity contribution in [2.24, 2.45) is 0 Å². The molecule has 4 rings (SSSR count). The highest BCUT2D eigenvalue weighted by Gasteiger charge is 2.52. The van der Waals surface area contributed by atoms with E-state index in [9.17, 15) is 4.79 Å². The third-order valence-electron chi connectivity index (χ3n) is 5.48. The van der Waals surface area contributed by atoms with Crippen LogP contribution in [0.4, 0.5) is 0 Å². The van der Waals surface area contributed by atoms with Crippen molar-refractivity contribution in [2.45, 2.75) is 62.8 Å². The maximum Gasteiger partial charge on any atom is 0.230 e. The summed E-state index contributed by atoms with van der Waals surface area (Å²) < 4.78 is 0. The van der Waals surface area contributed by atoms with E-state index in [0.717, 1.165) is 31.2 Å². The van der Waals surface area contributed by atoms with Gasteiger partial charge in [0.05, 0.1) is 5.41 Å². The van der Waals surface area contributed by atoms with Gasteiger partial charge in [-0.1, -0.05) is 43.9 Å². The maximum absolute atomic E-state index is 12.9. The first-order valence-corrected chi connectivity index (χ1v) is 8.67. The molecule has 1 aromatic heterocycles. The lowest BCUT2D eigenvalue weighted by atomic mass is 9.93. The van der Waals surface area contributed by atoms with Gasteiger partial charge in [0.15, 0.2) is 0 Å². The molecule has 0 bridgehead atoms. The second-order valence-electron chi connectivity index (χ2n) is 6.99. The van der Waals surface area contributed by atoms with Gasteiger partial charge in [-0.15, -0.1) is 0 Å². The summed E-state index contributed by atoms with van der Waals surface area (Å²) in [5.74, 6) is 0.254. The number of rotatable bonds is 3. The standard InChI is InChI=1S/C19H24N2O/c22-18(21-14-7-3-1-2-4-8-14)19(11-12-19)16-13-20-17-10-6-5-9-15(16)17/h5-6,9-10,13-14,20H,1-4,7-8,11-12H2,(H,21,22). The van der Waals surface area contributed by atoms with Crippen LogP contribution in [0.25, 0.3) is 10.9 Å². The summed E-state index contributed by atoms with van der Waals surface area (Å²) in [5, 5.41) is 4.57. The lowest BCUT2D eigenvalue weighted by Crippen LogP contribution is -2.41. The second kappa shape index (κ2) is 5.45. The molecule has 3 nitrogen and oxygen atoms in total. The van der Waals surface area contributed by atoms with E-state index in [1.54, 1.807) is 0 Å². The number of aromatic amines is 1. The van der Waals surface area contributed by atoms with Crippen LogP contribution in [0.5, 0.6) is 0 Å². The van der Waals surface area contributed by atoms with Crippen LogP contribution >= 0.6 is 0 Å². The summed E-state index contributed by atoms with van der Waals surface area (Å²) in [6, 6.07) is 8.68. The molecule has 2 aliphatic carbocycles. The highest BCUT2D eigenvalue weighted by molar-refractivity contribution is 5.97. The Morgan fingerprint density at radius 3 is 2.55 bits per heavy atom. The fraction of sp³-hybridized carbons (Fsp3) is 0.526. The Labute approximate surface area is 131 Å². The quantitative estimate of drug-likeness (QED) is 0.825. The van der Waals surface area contributed by atoms with Crippen molar-refractivity contribution in [3.8, 4) is 0 Å². The number of fused-ring (bicyclic) bond motifs is 1. The molecule has 0 spiro atoms. The molecule has 2 saturated carbocycles. The molecule has 2 aliphatic rings. The predicted octanol–water partition coefficient (Wildman–Crippen LogP) is 4.04. The van der Waals surface area contributed by atoms with E-state index < -0.39 is 0 Å². The number of amides is 1. The molecule has 1 amide bonds. The average Bonchev–Trinajstić information content (AvgIpc) is 3.28. The van der Waals surface area contributed by atoms with Gasteiger partial charge in [0, 0.05) is 23.1 Å². The van der Waals surface area contributed by atoms with Gasteiger partial charge in [-0.05, 0) is 37.3 Å². The number of para-hydroxylation sites is 1. The highest BCUT2D eigenvalue weighted by Crippen LogP contribution is 2.50. The van der Waals surface area contributed by atoms with Crippen LogP contribution in [0.2, 0.25) is 0 Å². The fourth-order valence-corrected chi connectivity index (χ4v) is 3.96. The Balaban J connectivity index is 1.57. The van der Waals surface area contributed by atoms with Crippen LogP contribution in [0, 0.1) is 0 Å². The van der Waals surface area contributed by atoms with E-state index >= 15 is 0 Å². The van der Waals surface area contributed by atoms with Gasteiger partial charge in [0.2, 0.25) is 5.91 Å². The molecule has 3 heteroatoms. The Hall–Kier alpha value is -1.77. The molecule has 0 unspecified atom stereocenters. The summed E-state index contributed by atoms with van der Waals surface area (Å²) in [4.78, 5) is 16.2. The normalized spacial score (nSPS) is 21.5. The van der Waals surface area contributed by atoms with Crippen molar-refractivity contribution in [3.63, 3.8) is 0 Å². The van der Waals surface area contributed by atoms with Gasteiger partial charge in [0.25, 0.3) is 0 Å². The van der Waals surface area contributed by atoms with Crippen molar-refractivity contribution in [2.75, 3.05) is 0 Å². The lowest BCUT2D eigenvalue weighted by Gasteiger charge is -2.21. The minimum atomic E-state index is -0.272. The van der Waals surface area contributed by atoms with Crippen LogP contribution in [0.15, 0.2) is 30.5 Å². The topological polar surface area (TPSA) is 44.9 Å². The number of carbonyl (C=O) groups is 1. The largest absolute Gasteiger partial charge is 0.361 e. The lowest BCUT2D eigenvalue weighted by molar-refractivity contribution is -0.124. The van der Waals surface area contributed by atoms with Crippen LogP contribution in [0.1, 0.15) is 56.9 Å². The Morgan fingerprint density at radius 2 is 1.82 bits per heavy atom. The molecule has 0 radical (unpaired) electrons. The summed E-state index contributed by atoms with van der Waals surface area (Å²) in [5.41, 5.74) is 2.05. The van der Waals surface area contributed by atoms with E-state index in [-0.39, 0.29) is 11.3 Å². The van der Waals surface area contributed by atoms with Gasteiger partial charge >= 0.3 is 0 Å². The fourth-order valence-electron chi connectivity index (χ4n) is 3.96. The Kier molecular flexibility index (Phi) is 3.44. The molecule has 2 aromatic rings. The number of hydrogen-bond acceptors (Lipinski definition) is 1.